The van der Waals surface area contributed by atoms with Crippen LogP contribution in [0.5, 0.6) is 5.75 Å². The molecule has 1 aromatic rings. The predicted molar refractivity (Wildman–Crippen MR) is 72.0 cm³/mol. The minimum absolute atomic E-state index is 0.0554. The second-order valence-corrected chi connectivity index (χ2v) is 4.42. The van der Waals surface area contributed by atoms with Crippen LogP contribution in [0.15, 0.2) is 18.2 Å². The Balaban J connectivity index is 2.14. The summed E-state index contributed by atoms with van der Waals surface area (Å²) in [4.78, 5) is 11.1. The van der Waals surface area contributed by atoms with E-state index in [4.69, 9.17) is 21.1 Å². The standard InChI is InChI=1S/C14H18ClFO3/c1-2-18-13(17)9-4-3-5-10-19-12-8-6-7-11(15)14(12)16/h6-8H,2-5,9-10H2,1H3. The number of carbonyl (C=O) groups excluding carboxylic acids is 1. The zero-order valence-corrected chi connectivity index (χ0v) is 11.7. The zero-order chi connectivity index (χ0) is 14.1. The van der Waals surface area contributed by atoms with Gasteiger partial charge in [0.15, 0.2) is 11.6 Å². The first-order chi connectivity index (χ1) is 9.15. The molecule has 0 heterocycles. The van der Waals surface area contributed by atoms with Crippen LogP contribution in [0.3, 0.4) is 0 Å². The molecule has 0 radical (unpaired) electrons. The lowest BCUT2D eigenvalue weighted by Crippen LogP contribution is -2.04. The molecule has 0 aromatic heterocycles. The van der Waals surface area contributed by atoms with E-state index in [0.717, 1.165) is 19.3 Å². The molecule has 0 spiro atoms. The fourth-order valence-corrected chi connectivity index (χ4v) is 1.72. The topological polar surface area (TPSA) is 35.5 Å². The monoisotopic (exact) mass is 288 g/mol. The summed E-state index contributed by atoms with van der Waals surface area (Å²) >= 11 is 5.63. The number of hydrogen-bond donors (Lipinski definition) is 0. The highest BCUT2D eigenvalue weighted by Crippen LogP contribution is 2.24. The average Bonchev–Trinajstić information content (AvgIpc) is 2.38. The molecular formula is C14H18ClFO3. The third-order valence-electron chi connectivity index (χ3n) is 2.50. The maximum Gasteiger partial charge on any atom is 0.305 e. The van der Waals surface area contributed by atoms with Gasteiger partial charge >= 0.3 is 5.97 Å². The Morgan fingerprint density at radius 1 is 1.32 bits per heavy atom. The smallest absolute Gasteiger partial charge is 0.305 e. The Morgan fingerprint density at radius 3 is 2.84 bits per heavy atom. The number of carbonyl (C=O) groups is 1. The highest BCUT2D eigenvalue weighted by atomic mass is 35.5. The summed E-state index contributed by atoms with van der Waals surface area (Å²) in [7, 11) is 0. The van der Waals surface area contributed by atoms with E-state index >= 15 is 0 Å². The van der Waals surface area contributed by atoms with Gasteiger partial charge in [-0.2, -0.15) is 0 Å². The van der Waals surface area contributed by atoms with Crippen molar-refractivity contribution in [1.29, 1.82) is 0 Å². The molecule has 0 aliphatic rings. The maximum atomic E-state index is 13.4. The van der Waals surface area contributed by atoms with Crippen LogP contribution in [0.4, 0.5) is 4.39 Å². The van der Waals surface area contributed by atoms with Gasteiger partial charge in [-0.05, 0) is 38.3 Å². The van der Waals surface area contributed by atoms with Crippen molar-refractivity contribution in [1.82, 2.24) is 0 Å². The zero-order valence-electron chi connectivity index (χ0n) is 11.0. The summed E-state index contributed by atoms with van der Waals surface area (Å²) in [6, 6.07) is 4.66. The van der Waals surface area contributed by atoms with Crippen LogP contribution in [0, 0.1) is 5.82 Å². The Bertz CT molecular complexity index is 410. The molecule has 5 heteroatoms. The molecule has 19 heavy (non-hydrogen) atoms. The summed E-state index contributed by atoms with van der Waals surface area (Å²) in [6.07, 6.45) is 2.76. The summed E-state index contributed by atoms with van der Waals surface area (Å²) in [6.45, 7) is 2.60. The van der Waals surface area contributed by atoms with Gasteiger partial charge in [-0.3, -0.25) is 4.79 Å². The molecule has 1 aromatic carbocycles. The van der Waals surface area contributed by atoms with E-state index in [2.05, 4.69) is 0 Å². The van der Waals surface area contributed by atoms with Crippen molar-refractivity contribution < 1.29 is 18.7 Å². The molecule has 0 atom stereocenters. The Hall–Kier alpha value is -1.29. The number of rotatable bonds is 8. The van der Waals surface area contributed by atoms with E-state index in [0.29, 0.717) is 19.6 Å². The van der Waals surface area contributed by atoms with Gasteiger partial charge in [-0.25, -0.2) is 4.39 Å². The Kier molecular flexibility index (Phi) is 7.26. The van der Waals surface area contributed by atoms with E-state index in [-0.39, 0.29) is 16.7 Å². The van der Waals surface area contributed by atoms with Crippen LogP contribution in [0.25, 0.3) is 0 Å². The summed E-state index contributed by atoms with van der Waals surface area (Å²) < 4.78 is 23.6. The number of esters is 1. The van der Waals surface area contributed by atoms with Gasteiger partial charge in [-0.1, -0.05) is 17.7 Å². The fraction of sp³-hybridized carbons (Fsp3) is 0.500. The molecule has 0 unspecified atom stereocenters. The van der Waals surface area contributed by atoms with E-state index in [9.17, 15) is 9.18 Å². The third kappa shape index (κ3) is 5.92. The number of unbranched alkanes of at least 4 members (excludes halogenated alkanes) is 2. The predicted octanol–water partition coefficient (Wildman–Crippen LogP) is 3.98. The highest BCUT2D eigenvalue weighted by molar-refractivity contribution is 6.30. The molecule has 0 saturated carbocycles. The van der Waals surface area contributed by atoms with E-state index in [1.54, 1.807) is 19.1 Å². The van der Waals surface area contributed by atoms with Crippen molar-refractivity contribution in [3.63, 3.8) is 0 Å². The number of ether oxygens (including phenoxy) is 2. The number of benzene rings is 1. The van der Waals surface area contributed by atoms with E-state index in [1.807, 2.05) is 0 Å². The molecule has 106 valence electrons. The number of hydrogen-bond acceptors (Lipinski definition) is 3. The third-order valence-corrected chi connectivity index (χ3v) is 2.80. The van der Waals surface area contributed by atoms with E-state index < -0.39 is 5.82 Å². The van der Waals surface area contributed by atoms with Gasteiger partial charge in [0.1, 0.15) is 0 Å². The molecule has 0 bridgehead atoms. The highest BCUT2D eigenvalue weighted by Gasteiger charge is 2.07. The van der Waals surface area contributed by atoms with Crippen LogP contribution < -0.4 is 4.74 Å². The van der Waals surface area contributed by atoms with E-state index in [1.165, 1.54) is 6.07 Å². The number of halogens is 2. The van der Waals surface area contributed by atoms with Gasteiger partial charge in [0.05, 0.1) is 18.2 Å². The molecule has 0 amide bonds. The van der Waals surface area contributed by atoms with Crippen molar-refractivity contribution in [2.24, 2.45) is 0 Å². The second kappa shape index (κ2) is 8.75. The lowest BCUT2D eigenvalue weighted by molar-refractivity contribution is -0.143. The average molecular weight is 289 g/mol. The summed E-state index contributed by atoms with van der Waals surface area (Å²) in [5, 5.41) is 0.0554. The van der Waals surface area contributed by atoms with Gasteiger partial charge in [-0.15, -0.1) is 0 Å². The largest absolute Gasteiger partial charge is 0.490 e. The van der Waals surface area contributed by atoms with Crippen LogP contribution in [0.1, 0.15) is 32.6 Å². The molecule has 0 saturated heterocycles. The van der Waals surface area contributed by atoms with Crippen molar-refractivity contribution in [3.05, 3.63) is 29.0 Å². The second-order valence-electron chi connectivity index (χ2n) is 4.02. The molecule has 0 aliphatic carbocycles. The minimum atomic E-state index is -0.532. The quantitative estimate of drug-likeness (QED) is 0.536. The van der Waals surface area contributed by atoms with Crippen LogP contribution in [-0.4, -0.2) is 19.2 Å². The van der Waals surface area contributed by atoms with Gasteiger partial charge in [0.25, 0.3) is 0 Å². The lowest BCUT2D eigenvalue weighted by Gasteiger charge is -2.07. The van der Waals surface area contributed by atoms with Crippen molar-refractivity contribution in [2.45, 2.75) is 32.6 Å². The fourth-order valence-electron chi connectivity index (χ4n) is 1.56. The van der Waals surface area contributed by atoms with Gasteiger partial charge in [0, 0.05) is 6.42 Å². The van der Waals surface area contributed by atoms with Crippen LogP contribution >= 0.6 is 11.6 Å². The maximum absolute atomic E-state index is 13.4. The first kappa shape index (κ1) is 15.8. The van der Waals surface area contributed by atoms with Gasteiger partial charge in [0.2, 0.25) is 0 Å². The molecule has 1 rings (SSSR count). The molecule has 0 fully saturated rings. The first-order valence-electron chi connectivity index (χ1n) is 6.37. The van der Waals surface area contributed by atoms with Crippen molar-refractivity contribution in [3.8, 4) is 5.75 Å². The molecule has 0 N–H and O–H groups in total. The minimum Gasteiger partial charge on any atom is -0.490 e. The molecular weight excluding hydrogens is 271 g/mol. The molecule has 0 aliphatic heterocycles. The van der Waals surface area contributed by atoms with Gasteiger partial charge < -0.3 is 9.47 Å². The normalized spacial score (nSPS) is 10.3. The Morgan fingerprint density at radius 2 is 2.11 bits per heavy atom. The van der Waals surface area contributed by atoms with Crippen LogP contribution in [0.2, 0.25) is 5.02 Å². The summed E-state index contributed by atoms with van der Waals surface area (Å²) in [5.74, 6) is -0.544. The Labute approximate surface area is 117 Å². The SMILES string of the molecule is CCOC(=O)CCCCCOc1cccc(Cl)c1F. The van der Waals surface area contributed by atoms with Crippen LogP contribution in [-0.2, 0) is 9.53 Å². The lowest BCUT2D eigenvalue weighted by atomic mass is 10.2. The molecule has 3 nitrogen and oxygen atoms in total. The first-order valence-corrected chi connectivity index (χ1v) is 6.75. The summed E-state index contributed by atoms with van der Waals surface area (Å²) in [5.41, 5.74) is 0. The van der Waals surface area contributed by atoms with Crippen molar-refractivity contribution in [2.75, 3.05) is 13.2 Å². The van der Waals surface area contributed by atoms with Crippen molar-refractivity contribution >= 4 is 17.6 Å².